The molecule has 0 bridgehead atoms. The number of nitrogens with zero attached hydrogens (tertiary/aromatic N) is 2. The molecule has 1 amide bonds. The van der Waals surface area contributed by atoms with E-state index in [2.05, 4.69) is 15.3 Å². The first-order chi connectivity index (χ1) is 11.0. The van der Waals surface area contributed by atoms with Gasteiger partial charge in [-0.05, 0) is 18.2 Å². The summed E-state index contributed by atoms with van der Waals surface area (Å²) >= 11 is 0. The average molecular weight is 310 g/mol. The molecular weight excluding hydrogens is 300 g/mol. The van der Waals surface area contributed by atoms with Crippen molar-refractivity contribution in [1.29, 1.82) is 0 Å². The van der Waals surface area contributed by atoms with Crippen molar-refractivity contribution >= 4 is 28.3 Å². The summed E-state index contributed by atoms with van der Waals surface area (Å²) in [5.41, 5.74) is -0.887. The highest BCUT2D eigenvalue weighted by Crippen LogP contribution is 2.44. The van der Waals surface area contributed by atoms with Crippen molar-refractivity contribution < 1.29 is 14.8 Å². The van der Waals surface area contributed by atoms with Gasteiger partial charge >= 0.3 is 0 Å². The van der Waals surface area contributed by atoms with Crippen molar-refractivity contribution in [3.8, 4) is 0 Å². The van der Waals surface area contributed by atoms with Crippen LogP contribution in [-0.4, -0.2) is 25.9 Å². The Kier molecular flexibility index (Phi) is 2.55. The first-order valence-corrected chi connectivity index (χ1v) is 6.77. The molecule has 4 rings (SSSR count). The van der Waals surface area contributed by atoms with E-state index in [1.54, 1.807) is 18.3 Å². The zero-order valence-corrected chi connectivity index (χ0v) is 11.6. The second-order valence-electron chi connectivity index (χ2n) is 5.25. The van der Waals surface area contributed by atoms with Gasteiger partial charge < -0.3 is 15.4 Å². The Morgan fingerprint density at radius 2 is 2.09 bits per heavy atom. The highest BCUT2D eigenvalue weighted by Gasteiger charge is 2.49. The van der Waals surface area contributed by atoms with Gasteiger partial charge in [0, 0.05) is 46.7 Å². The third-order valence-electron chi connectivity index (χ3n) is 4.02. The van der Waals surface area contributed by atoms with Gasteiger partial charge in [0.15, 0.2) is 5.60 Å². The minimum Gasteiger partial charge on any atom is -0.372 e. The number of benzene rings is 1. The molecule has 0 aliphatic carbocycles. The summed E-state index contributed by atoms with van der Waals surface area (Å²) in [6.07, 6.45) is 3.07. The molecule has 3 aromatic rings. The summed E-state index contributed by atoms with van der Waals surface area (Å²) < 4.78 is 0. The second kappa shape index (κ2) is 4.37. The number of nitrogens with one attached hydrogen (secondary N) is 2. The molecule has 0 spiro atoms. The van der Waals surface area contributed by atoms with E-state index in [0.717, 1.165) is 0 Å². The number of non-ortho nitro benzene ring substituents is 1. The standard InChI is InChI=1S/C15H10N4O4/c20-14-15(21,11-7-17-13-9(11)2-1-5-16-13)10-6-8(19(22)23)3-4-12(10)18-14/h1-7,21H,(H,16,17)(H,18,20). The van der Waals surface area contributed by atoms with Crippen molar-refractivity contribution in [3.63, 3.8) is 0 Å². The van der Waals surface area contributed by atoms with Gasteiger partial charge in [-0.1, -0.05) is 0 Å². The minimum atomic E-state index is -2.01. The first kappa shape index (κ1) is 13.4. The number of carbonyl (C=O) groups excluding carboxylic acids is 1. The molecule has 3 heterocycles. The molecule has 1 aliphatic heterocycles. The molecule has 1 unspecified atom stereocenters. The van der Waals surface area contributed by atoms with Gasteiger partial charge in [0.2, 0.25) is 0 Å². The average Bonchev–Trinajstić information content (AvgIpc) is 3.08. The van der Waals surface area contributed by atoms with Gasteiger partial charge in [-0.2, -0.15) is 0 Å². The largest absolute Gasteiger partial charge is 0.372 e. The Bertz CT molecular complexity index is 981. The Labute approximate surface area is 128 Å². The maximum absolute atomic E-state index is 12.4. The highest BCUT2D eigenvalue weighted by molar-refractivity contribution is 6.09. The molecule has 2 aromatic heterocycles. The molecule has 0 radical (unpaired) electrons. The van der Waals surface area contributed by atoms with Crippen molar-refractivity contribution in [2.45, 2.75) is 5.60 Å². The zero-order valence-electron chi connectivity index (χ0n) is 11.6. The van der Waals surface area contributed by atoms with Gasteiger partial charge in [-0.25, -0.2) is 4.98 Å². The van der Waals surface area contributed by atoms with Crippen LogP contribution in [0.5, 0.6) is 0 Å². The number of nitro groups is 1. The van der Waals surface area contributed by atoms with E-state index < -0.39 is 16.4 Å². The Morgan fingerprint density at radius 1 is 1.26 bits per heavy atom. The zero-order chi connectivity index (χ0) is 16.2. The van der Waals surface area contributed by atoms with E-state index >= 15 is 0 Å². The number of H-pyrrole nitrogens is 1. The van der Waals surface area contributed by atoms with Crippen LogP contribution in [-0.2, 0) is 10.4 Å². The Balaban J connectivity index is 2.00. The normalized spacial score (nSPS) is 19.6. The van der Waals surface area contributed by atoms with Gasteiger partial charge in [0.05, 0.1) is 4.92 Å². The molecule has 1 atom stereocenters. The number of anilines is 1. The van der Waals surface area contributed by atoms with Crippen LogP contribution in [0.3, 0.4) is 0 Å². The van der Waals surface area contributed by atoms with Crippen molar-refractivity contribution in [2.75, 3.05) is 5.32 Å². The number of rotatable bonds is 2. The first-order valence-electron chi connectivity index (χ1n) is 6.77. The highest BCUT2D eigenvalue weighted by atomic mass is 16.6. The SMILES string of the molecule is O=C1Nc2ccc([N+](=O)[O-])cc2C1(O)c1c[nH]c2ncccc12. The summed E-state index contributed by atoms with van der Waals surface area (Å²) in [6.45, 7) is 0. The summed E-state index contributed by atoms with van der Waals surface area (Å²) in [4.78, 5) is 29.9. The number of amides is 1. The molecule has 8 nitrogen and oxygen atoms in total. The van der Waals surface area contributed by atoms with Gasteiger partial charge in [-0.3, -0.25) is 14.9 Å². The predicted octanol–water partition coefficient (Wildman–Crippen LogP) is 1.66. The molecule has 0 saturated heterocycles. The lowest BCUT2D eigenvalue weighted by Crippen LogP contribution is -2.35. The molecule has 0 fully saturated rings. The van der Waals surface area contributed by atoms with Crippen LogP contribution in [0.1, 0.15) is 11.1 Å². The number of aromatic nitrogens is 2. The maximum Gasteiger partial charge on any atom is 0.269 e. The number of hydrogen-bond donors (Lipinski definition) is 3. The fraction of sp³-hybridized carbons (Fsp3) is 0.0667. The lowest BCUT2D eigenvalue weighted by molar-refractivity contribution is -0.385. The Hall–Kier alpha value is -3.26. The van der Waals surface area contributed by atoms with E-state index in [0.29, 0.717) is 22.3 Å². The van der Waals surface area contributed by atoms with Crippen molar-refractivity contribution in [1.82, 2.24) is 9.97 Å². The summed E-state index contributed by atoms with van der Waals surface area (Å²) in [6, 6.07) is 7.31. The third kappa shape index (κ3) is 1.69. The van der Waals surface area contributed by atoms with Crippen LogP contribution >= 0.6 is 0 Å². The summed E-state index contributed by atoms with van der Waals surface area (Å²) in [5, 5.41) is 25.2. The summed E-state index contributed by atoms with van der Waals surface area (Å²) in [7, 11) is 0. The van der Waals surface area contributed by atoms with E-state index in [1.807, 2.05) is 0 Å². The lowest BCUT2D eigenvalue weighted by atomic mass is 9.87. The molecule has 3 N–H and O–H groups in total. The van der Waals surface area contributed by atoms with Crippen molar-refractivity contribution in [2.24, 2.45) is 0 Å². The predicted molar refractivity (Wildman–Crippen MR) is 80.8 cm³/mol. The van der Waals surface area contributed by atoms with E-state index in [1.165, 1.54) is 24.4 Å². The second-order valence-corrected chi connectivity index (χ2v) is 5.25. The van der Waals surface area contributed by atoms with Crippen LogP contribution in [0.2, 0.25) is 0 Å². The molecular formula is C15H10N4O4. The smallest absolute Gasteiger partial charge is 0.269 e. The lowest BCUT2D eigenvalue weighted by Gasteiger charge is -2.20. The van der Waals surface area contributed by atoms with E-state index in [9.17, 15) is 20.0 Å². The summed E-state index contributed by atoms with van der Waals surface area (Å²) in [5.74, 6) is -0.655. The van der Waals surface area contributed by atoms with Crippen LogP contribution in [0, 0.1) is 10.1 Å². The fourth-order valence-electron chi connectivity index (χ4n) is 2.91. The molecule has 114 valence electrons. The molecule has 0 saturated carbocycles. The molecule has 8 heteroatoms. The van der Waals surface area contributed by atoms with Crippen molar-refractivity contribution in [3.05, 3.63) is 64.0 Å². The number of aromatic amines is 1. The monoisotopic (exact) mass is 310 g/mol. The number of nitro benzene ring substituents is 1. The fourth-order valence-corrected chi connectivity index (χ4v) is 2.91. The minimum absolute atomic E-state index is 0.154. The van der Waals surface area contributed by atoms with Crippen LogP contribution < -0.4 is 5.32 Å². The number of hydrogen-bond acceptors (Lipinski definition) is 5. The number of fused-ring (bicyclic) bond motifs is 2. The van der Waals surface area contributed by atoms with Crippen LogP contribution in [0.25, 0.3) is 11.0 Å². The topological polar surface area (TPSA) is 121 Å². The van der Waals surface area contributed by atoms with Crippen LogP contribution in [0.4, 0.5) is 11.4 Å². The number of carbonyl (C=O) groups is 1. The van der Waals surface area contributed by atoms with Crippen LogP contribution in [0.15, 0.2) is 42.7 Å². The Morgan fingerprint density at radius 3 is 2.87 bits per heavy atom. The number of pyridine rings is 1. The maximum atomic E-state index is 12.4. The van der Waals surface area contributed by atoms with Gasteiger partial charge in [-0.15, -0.1) is 0 Å². The van der Waals surface area contributed by atoms with E-state index in [-0.39, 0.29) is 11.3 Å². The molecule has 23 heavy (non-hydrogen) atoms. The quantitative estimate of drug-likeness (QED) is 0.491. The molecule has 1 aromatic carbocycles. The number of aliphatic hydroxyl groups is 1. The molecule has 1 aliphatic rings. The van der Waals surface area contributed by atoms with Gasteiger partial charge in [0.25, 0.3) is 11.6 Å². The third-order valence-corrected chi connectivity index (χ3v) is 4.02. The van der Waals surface area contributed by atoms with Gasteiger partial charge in [0.1, 0.15) is 5.65 Å². The van der Waals surface area contributed by atoms with E-state index in [4.69, 9.17) is 0 Å².